The molecule has 0 spiro atoms. The number of hydrogen-bond acceptors (Lipinski definition) is 2. The topological polar surface area (TPSA) is 34.1 Å². The van der Waals surface area contributed by atoms with E-state index in [-0.39, 0.29) is 11.6 Å². The van der Waals surface area contributed by atoms with Gasteiger partial charge in [-0.3, -0.25) is 0 Å². The molecule has 0 unspecified atom stereocenters. The van der Waals surface area contributed by atoms with E-state index in [9.17, 15) is 12.8 Å². The monoisotopic (exact) mass is 280 g/mol. The Morgan fingerprint density at radius 3 is 2.50 bits per heavy atom. The van der Waals surface area contributed by atoms with Gasteiger partial charge in [0.2, 0.25) is 0 Å². The summed E-state index contributed by atoms with van der Waals surface area (Å²) >= 11 is 3.14. The Kier molecular flexibility index (Phi) is 3.66. The maximum atomic E-state index is 12.9. The number of hydrogen-bond donors (Lipinski definition) is 0. The summed E-state index contributed by atoms with van der Waals surface area (Å²) in [4.78, 5) is 0. The van der Waals surface area contributed by atoms with Gasteiger partial charge in [0.25, 0.3) is 0 Å². The van der Waals surface area contributed by atoms with Gasteiger partial charge in [0.15, 0.2) is 0 Å². The minimum atomic E-state index is -2.99. The second kappa shape index (κ2) is 4.40. The average Bonchev–Trinajstić information content (AvgIpc) is 1.97. The summed E-state index contributed by atoms with van der Waals surface area (Å²) in [6.07, 6.45) is 1.51. The molecule has 0 N–H and O–H groups in total. The van der Waals surface area contributed by atoms with E-state index in [1.54, 1.807) is 6.07 Å². The van der Waals surface area contributed by atoms with Crippen LogP contribution in [0.3, 0.4) is 0 Å². The van der Waals surface area contributed by atoms with E-state index in [2.05, 4.69) is 15.9 Å². The third-order valence-electron chi connectivity index (χ3n) is 1.68. The van der Waals surface area contributed by atoms with E-state index in [1.165, 1.54) is 18.4 Å². The fourth-order valence-corrected chi connectivity index (χ4v) is 2.18. The van der Waals surface area contributed by atoms with E-state index in [4.69, 9.17) is 0 Å². The molecule has 0 aliphatic carbocycles. The molecule has 1 aromatic carbocycles. The lowest BCUT2D eigenvalue weighted by Gasteiger charge is -2.01. The largest absolute Gasteiger partial charge is 0.229 e. The predicted molar refractivity (Wildman–Crippen MR) is 57.5 cm³/mol. The van der Waals surface area contributed by atoms with Crippen molar-refractivity contribution in [1.82, 2.24) is 0 Å². The smallest absolute Gasteiger partial charge is 0.147 e. The summed E-state index contributed by atoms with van der Waals surface area (Å²) in [6, 6.07) is 4.40. The van der Waals surface area contributed by atoms with Gasteiger partial charge in [0.1, 0.15) is 15.7 Å². The first-order valence-electron chi connectivity index (χ1n) is 3.99. The molecule has 5 heteroatoms. The normalized spacial score (nSPS) is 11.6. The first kappa shape index (κ1) is 11.7. The zero-order valence-electron chi connectivity index (χ0n) is 7.63. The molecule has 0 aliphatic rings. The fourth-order valence-electron chi connectivity index (χ4n) is 1.06. The van der Waals surface area contributed by atoms with E-state index in [1.807, 2.05) is 0 Å². The molecule has 0 saturated heterocycles. The van der Waals surface area contributed by atoms with Crippen molar-refractivity contribution in [2.75, 3.05) is 12.0 Å². The average molecular weight is 281 g/mol. The minimum absolute atomic E-state index is 0.0445. The third-order valence-corrected chi connectivity index (χ3v) is 3.09. The van der Waals surface area contributed by atoms with Gasteiger partial charge in [0, 0.05) is 10.7 Å². The summed E-state index contributed by atoms with van der Waals surface area (Å²) < 4.78 is 35.2. The van der Waals surface area contributed by atoms with Crippen LogP contribution in [0.4, 0.5) is 4.39 Å². The van der Waals surface area contributed by atoms with Crippen molar-refractivity contribution in [2.45, 2.75) is 6.42 Å². The van der Waals surface area contributed by atoms with Crippen LogP contribution in [0.5, 0.6) is 0 Å². The minimum Gasteiger partial charge on any atom is -0.229 e. The number of rotatable bonds is 3. The van der Waals surface area contributed by atoms with Crippen LogP contribution < -0.4 is 0 Å². The summed E-state index contributed by atoms with van der Waals surface area (Å²) in [5.74, 6) is -0.314. The predicted octanol–water partition coefficient (Wildman–Crippen LogP) is 2.18. The fraction of sp³-hybridized carbons (Fsp3) is 0.333. The second-order valence-electron chi connectivity index (χ2n) is 3.16. The third kappa shape index (κ3) is 4.19. The number of halogens is 2. The van der Waals surface area contributed by atoms with Gasteiger partial charge in [0.05, 0.1) is 5.75 Å². The summed E-state index contributed by atoms with van der Waals surface area (Å²) in [6.45, 7) is 0. The van der Waals surface area contributed by atoms with Crippen LogP contribution in [0.2, 0.25) is 0 Å². The number of aryl methyl sites for hydroxylation is 1. The highest BCUT2D eigenvalue weighted by molar-refractivity contribution is 9.10. The van der Waals surface area contributed by atoms with Crippen LogP contribution in [0.15, 0.2) is 22.7 Å². The Morgan fingerprint density at radius 2 is 2.00 bits per heavy atom. The maximum Gasteiger partial charge on any atom is 0.147 e. The molecular formula is C9H10BrFO2S. The van der Waals surface area contributed by atoms with E-state index in [0.717, 1.165) is 0 Å². The van der Waals surface area contributed by atoms with Crippen LogP contribution in [0.25, 0.3) is 0 Å². The molecule has 0 fully saturated rings. The molecule has 0 radical (unpaired) electrons. The second-order valence-corrected chi connectivity index (χ2v) is 6.33. The van der Waals surface area contributed by atoms with Crippen LogP contribution in [-0.4, -0.2) is 20.4 Å². The molecule has 0 aliphatic heterocycles. The maximum absolute atomic E-state index is 12.9. The molecule has 2 nitrogen and oxygen atoms in total. The quantitative estimate of drug-likeness (QED) is 0.851. The highest BCUT2D eigenvalue weighted by Gasteiger charge is 2.04. The van der Waals surface area contributed by atoms with Crippen molar-refractivity contribution in [2.24, 2.45) is 0 Å². The molecule has 1 rings (SSSR count). The van der Waals surface area contributed by atoms with Gasteiger partial charge in [-0.1, -0.05) is 15.9 Å². The summed E-state index contributed by atoms with van der Waals surface area (Å²) in [5, 5.41) is 0. The number of sulfone groups is 1. The SMILES string of the molecule is CS(=O)(=O)CCc1cc(F)cc(Br)c1. The van der Waals surface area contributed by atoms with Gasteiger partial charge in [-0.2, -0.15) is 0 Å². The van der Waals surface area contributed by atoms with Gasteiger partial charge < -0.3 is 0 Å². The van der Waals surface area contributed by atoms with Crippen molar-refractivity contribution in [1.29, 1.82) is 0 Å². The van der Waals surface area contributed by atoms with E-state index < -0.39 is 9.84 Å². The molecule has 0 aromatic heterocycles. The lowest BCUT2D eigenvalue weighted by molar-refractivity contribution is 0.600. The summed E-state index contributed by atoms with van der Waals surface area (Å²) in [5.41, 5.74) is 0.683. The van der Waals surface area contributed by atoms with Gasteiger partial charge >= 0.3 is 0 Å². The van der Waals surface area contributed by atoms with Crippen LogP contribution >= 0.6 is 15.9 Å². The van der Waals surface area contributed by atoms with Gasteiger partial charge in [-0.15, -0.1) is 0 Å². The van der Waals surface area contributed by atoms with Gasteiger partial charge in [-0.25, -0.2) is 12.8 Å². The highest BCUT2D eigenvalue weighted by Crippen LogP contribution is 2.15. The molecule has 0 amide bonds. The molecule has 1 aromatic rings. The molecule has 0 heterocycles. The molecule has 0 saturated carbocycles. The highest BCUT2D eigenvalue weighted by atomic mass is 79.9. The zero-order chi connectivity index (χ0) is 10.8. The molecular weight excluding hydrogens is 271 g/mol. The Bertz CT molecular complexity index is 408. The zero-order valence-corrected chi connectivity index (χ0v) is 10.0. The van der Waals surface area contributed by atoms with Gasteiger partial charge in [-0.05, 0) is 30.2 Å². The Balaban J connectivity index is 2.78. The Hall–Kier alpha value is -0.420. The lowest BCUT2D eigenvalue weighted by Crippen LogP contribution is -2.05. The standard InChI is InChI=1S/C9H10BrFO2S/c1-14(12,13)3-2-7-4-8(10)6-9(11)5-7/h4-6H,2-3H2,1H3. The Labute approximate surface area is 91.2 Å². The first-order valence-corrected chi connectivity index (χ1v) is 6.85. The van der Waals surface area contributed by atoms with Crippen molar-refractivity contribution in [3.8, 4) is 0 Å². The van der Waals surface area contributed by atoms with Crippen LogP contribution in [0.1, 0.15) is 5.56 Å². The molecule has 14 heavy (non-hydrogen) atoms. The molecule has 78 valence electrons. The number of benzene rings is 1. The van der Waals surface area contributed by atoms with Crippen molar-refractivity contribution >= 4 is 25.8 Å². The van der Waals surface area contributed by atoms with Crippen molar-refractivity contribution in [3.63, 3.8) is 0 Å². The molecule has 0 bridgehead atoms. The molecule has 0 atom stereocenters. The summed E-state index contributed by atoms with van der Waals surface area (Å²) in [7, 11) is -2.99. The van der Waals surface area contributed by atoms with Crippen LogP contribution in [-0.2, 0) is 16.3 Å². The first-order chi connectivity index (χ1) is 6.37. The van der Waals surface area contributed by atoms with Crippen molar-refractivity contribution < 1.29 is 12.8 Å². The Morgan fingerprint density at radius 1 is 1.36 bits per heavy atom. The van der Waals surface area contributed by atoms with Crippen LogP contribution in [0, 0.1) is 5.82 Å². The lowest BCUT2D eigenvalue weighted by atomic mass is 10.2. The van der Waals surface area contributed by atoms with E-state index >= 15 is 0 Å². The van der Waals surface area contributed by atoms with E-state index in [0.29, 0.717) is 16.5 Å². The van der Waals surface area contributed by atoms with Crippen molar-refractivity contribution in [3.05, 3.63) is 34.1 Å².